The lowest BCUT2D eigenvalue weighted by atomic mass is 10.0. The van der Waals surface area contributed by atoms with E-state index >= 15 is 0 Å². The number of hydrogen-bond donors (Lipinski definition) is 1. The van der Waals surface area contributed by atoms with Gasteiger partial charge in [0.05, 0.1) is 25.1 Å². The van der Waals surface area contributed by atoms with Crippen LogP contribution in [0.4, 0.5) is 0 Å². The standard InChI is InChI=1S/C20H23N3O2/c1-14-5-4-8-23-16(11-21-20(14)23)12-22-13-17(24)10-19(22)15-6-3-7-18(9-15)25-2/h3-9,11,17,19,24H,10,12-13H2,1-2H3/t17-,19-/m0/s1. The first-order valence-corrected chi connectivity index (χ1v) is 8.63. The molecule has 0 spiro atoms. The molecule has 130 valence electrons. The van der Waals surface area contributed by atoms with Gasteiger partial charge in [-0.25, -0.2) is 4.98 Å². The number of hydrogen-bond acceptors (Lipinski definition) is 4. The molecule has 1 aliphatic rings. The number of pyridine rings is 1. The fraction of sp³-hybridized carbons (Fsp3) is 0.350. The Kier molecular flexibility index (Phi) is 4.19. The number of aromatic nitrogens is 2. The quantitative estimate of drug-likeness (QED) is 0.795. The van der Waals surface area contributed by atoms with Crippen LogP contribution in [0.2, 0.25) is 0 Å². The molecular weight excluding hydrogens is 314 g/mol. The number of imidazole rings is 1. The van der Waals surface area contributed by atoms with Crippen molar-refractivity contribution in [3.8, 4) is 5.75 Å². The number of methoxy groups -OCH3 is 1. The van der Waals surface area contributed by atoms with E-state index in [1.54, 1.807) is 7.11 Å². The van der Waals surface area contributed by atoms with Crippen molar-refractivity contribution >= 4 is 5.65 Å². The van der Waals surface area contributed by atoms with Crippen LogP contribution in [-0.2, 0) is 6.54 Å². The number of ether oxygens (including phenoxy) is 1. The number of likely N-dealkylation sites (tertiary alicyclic amines) is 1. The Labute approximate surface area is 147 Å². The van der Waals surface area contributed by atoms with Crippen LogP contribution in [0.5, 0.6) is 5.75 Å². The summed E-state index contributed by atoms with van der Waals surface area (Å²) in [5.74, 6) is 0.851. The maximum absolute atomic E-state index is 10.2. The van der Waals surface area contributed by atoms with Gasteiger partial charge in [-0.1, -0.05) is 18.2 Å². The molecular formula is C20H23N3O2. The minimum absolute atomic E-state index is 0.181. The summed E-state index contributed by atoms with van der Waals surface area (Å²) in [7, 11) is 1.68. The van der Waals surface area contributed by atoms with Crippen LogP contribution in [0.1, 0.15) is 29.3 Å². The smallest absolute Gasteiger partial charge is 0.139 e. The second kappa shape index (κ2) is 6.50. The second-order valence-electron chi connectivity index (χ2n) is 6.75. The molecule has 1 N–H and O–H groups in total. The highest BCUT2D eigenvalue weighted by Crippen LogP contribution is 2.34. The van der Waals surface area contributed by atoms with E-state index in [0.29, 0.717) is 6.54 Å². The number of β-amino-alcohol motifs (C(OH)–C–C–N with tert-alkyl or cyclic N) is 1. The molecule has 4 rings (SSSR count). The van der Waals surface area contributed by atoms with Crippen molar-refractivity contribution in [2.24, 2.45) is 0 Å². The van der Waals surface area contributed by atoms with Crippen LogP contribution in [0.25, 0.3) is 5.65 Å². The number of nitrogens with zero attached hydrogens (tertiary/aromatic N) is 3. The number of rotatable bonds is 4. The van der Waals surface area contributed by atoms with E-state index < -0.39 is 0 Å². The third-order valence-corrected chi connectivity index (χ3v) is 5.03. The van der Waals surface area contributed by atoms with Gasteiger partial charge in [0.15, 0.2) is 0 Å². The lowest BCUT2D eigenvalue weighted by molar-refractivity contribution is 0.172. The molecule has 3 aromatic rings. The Morgan fingerprint density at radius 3 is 3.00 bits per heavy atom. The molecule has 1 saturated heterocycles. The summed E-state index contributed by atoms with van der Waals surface area (Å²) in [4.78, 5) is 6.88. The van der Waals surface area contributed by atoms with Crippen LogP contribution in [0.3, 0.4) is 0 Å². The lowest BCUT2D eigenvalue weighted by Crippen LogP contribution is -2.25. The Hall–Kier alpha value is -2.37. The Balaban J connectivity index is 1.64. The molecule has 0 amide bonds. The van der Waals surface area contributed by atoms with Crippen molar-refractivity contribution < 1.29 is 9.84 Å². The summed E-state index contributed by atoms with van der Waals surface area (Å²) in [6, 6.07) is 12.4. The molecule has 1 aromatic carbocycles. The molecule has 0 unspecified atom stereocenters. The lowest BCUT2D eigenvalue weighted by Gasteiger charge is -2.24. The van der Waals surface area contributed by atoms with Crippen LogP contribution < -0.4 is 4.74 Å². The van der Waals surface area contributed by atoms with Crippen LogP contribution >= 0.6 is 0 Å². The first kappa shape index (κ1) is 16.1. The summed E-state index contributed by atoms with van der Waals surface area (Å²) in [5.41, 5.74) is 4.48. The van der Waals surface area contributed by atoms with Crippen molar-refractivity contribution in [2.75, 3.05) is 13.7 Å². The van der Waals surface area contributed by atoms with Gasteiger partial charge in [-0.3, -0.25) is 4.90 Å². The molecule has 5 nitrogen and oxygen atoms in total. The molecule has 1 aliphatic heterocycles. The van der Waals surface area contributed by atoms with E-state index in [1.807, 2.05) is 24.4 Å². The summed E-state index contributed by atoms with van der Waals surface area (Å²) < 4.78 is 7.50. The van der Waals surface area contributed by atoms with Crippen molar-refractivity contribution in [1.82, 2.24) is 14.3 Å². The normalized spacial score (nSPS) is 21.1. The minimum atomic E-state index is -0.308. The van der Waals surface area contributed by atoms with Gasteiger partial charge in [0, 0.05) is 25.3 Å². The maximum atomic E-state index is 10.2. The molecule has 0 saturated carbocycles. The highest BCUT2D eigenvalue weighted by molar-refractivity contribution is 5.48. The minimum Gasteiger partial charge on any atom is -0.497 e. The van der Waals surface area contributed by atoms with E-state index in [4.69, 9.17) is 4.74 Å². The number of benzene rings is 1. The van der Waals surface area contributed by atoms with Gasteiger partial charge in [-0.15, -0.1) is 0 Å². The fourth-order valence-electron chi connectivity index (χ4n) is 3.78. The number of aliphatic hydroxyl groups excluding tert-OH is 1. The second-order valence-corrected chi connectivity index (χ2v) is 6.75. The Morgan fingerprint density at radius 2 is 2.16 bits per heavy atom. The zero-order valence-corrected chi connectivity index (χ0v) is 14.6. The molecule has 2 atom stereocenters. The Morgan fingerprint density at radius 1 is 1.28 bits per heavy atom. The van der Waals surface area contributed by atoms with E-state index in [2.05, 4.69) is 45.6 Å². The van der Waals surface area contributed by atoms with Gasteiger partial charge in [-0.05, 0) is 42.7 Å². The van der Waals surface area contributed by atoms with Gasteiger partial charge in [0.25, 0.3) is 0 Å². The monoisotopic (exact) mass is 337 g/mol. The summed E-state index contributed by atoms with van der Waals surface area (Å²) in [5, 5.41) is 10.2. The topological polar surface area (TPSA) is 50.0 Å². The number of fused-ring (bicyclic) bond motifs is 1. The molecule has 0 aliphatic carbocycles. The molecule has 2 aromatic heterocycles. The zero-order valence-electron chi connectivity index (χ0n) is 14.6. The summed E-state index contributed by atoms with van der Waals surface area (Å²) in [6.45, 7) is 3.50. The molecule has 0 bridgehead atoms. The average molecular weight is 337 g/mol. The van der Waals surface area contributed by atoms with Gasteiger partial charge >= 0.3 is 0 Å². The van der Waals surface area contributed by atoms with Crippen molar-refractivity contribution in [1.29, 1.82) is 0 Å². The predicted octanol–water partition coefficient (Wildman–Crippen LogP) is 2.96. The van der Waals surface area contributed by atoms with Crippen molar-refractivity contribution in [3.63, 3.8) is 0 Å². The van der Waals surface area contributed by atoms with Gasteiger partial charge < -0.3 is 14.2 Å². The van der Waals surface area contributed by atoms with Gasteiger partial charge in [0.2, 0.25) is 0 Å². The molecule has 5 heteroatoms. The van der Waals surface area contributed by atoms with E-state index in [0.717, 1.165) is 30.1 Å². The van der Waals surface area contributed by atoms with E-state index in [-0.39, 0.29) is 12.1 Å². The average Bonchev–Trinajstić information content (AvgIpc) is 3.20. The SMILES string of the molecule is COc1cccc([C@@H]2C[C@H](O)CN2Cc2cnc3c(C)cccn23)c1. The van der Waals surface area contributed by atoms with Crippen LogP contribution in [-0.4, -0.2) is 39.1 Å². The molecule has 1 fully saturated rings. The first-order chi connectivity index (χ1) is 12.2. The third kappa shape index (κ3) is 3.01. The number of aliphatic hydroxyl groups is 1. The molecule has 25 heavy (non-hydrogen) atoms. The molecule has 0 radical (unpaired) electrons. The molecule has 3 heterocycles. The van der Waals surface area contributed by atoms with Crippen LogP contribution in [0.15, 0.2) is 48.8 Å². The summed E-state index contributed by atoms with van der Waals surface area (Å²) in [6.07, 6.45) is 4.42. The van der Waals surface area contributed by atoms with E-state index in [9.17, 15) is 5.11 Å². The van der Waals surface area contributed by atoms with E-state index in [1.165, 1.54) is 11.1 Å². The van der Waals surface area contributed by atoms with Crippen molar-refractivity contribution in [3.05, 3.63) is 65.6 Å². The maximum Gasteiger partial charge on any atom is 0.139 e. The van der Waals surface area contributed by atoms with Crippen LogP contribution in [0, 0.1) is 6.92 Å². The fourth-order valence-corrected chi connectivity index (χ4v) is 3.78. The first-order valence-electron chi connectivity index (χ1n) is 8.63. The largest absolute Gasteiger partial charge is 0.497 e. The predicted molar refractivity (Wildman–Crippen MR) is 96.7 cm³/mol. The van der Waals surface area contributed by atoms with Gasteiger partial charge in [-0.2, -0.15) is 0 Å². The highest BCUT2D eigenvalue weighted by atomic mass is 16.5. The van der Waals surface area contributed by atoms with Crippen molar-refractivity contribution in [2.45, 2.75) is 32.0 Å². The highest BCUT2D eigenvalue weighted by Gasteiger charge is 2.32. The Bertz CT molecular complexity index is 890. The summed E-state index contributed by atoms with van der Waals surface area (Å²) >= 11 is 0. The number of aryl methyl sites for hydroxylation is 1. The third-order valence-electron chi connectivity index (χ3n) is 5.03. The van der Waals surface area contributed by atoms with Gasteiger partial charge in [0.1, 0.15) is 11.4 Å². The zero-order chi connectivity index (χ0) is 17.4.